The van der Waals surface area contributed by atoms with Crippen molar-refractivity contribution in [3.05, 3.63) is 34.6 Å². The molecule has 0 spiro atoms. The van der Waals surface area contributed by atoms with Crippen LogP contribution in [0.3, 0.4) is 0 Å². The summed E-state index contributed by atoms with van der Waals surface area (Å²) >= 11 is 6.20. The molecule has 2 heterocycles. The van der Waals surface area contributed by atoms with Crippen LogP contribution in [0.1, 0.15) is 52.5 Å². The van der Waals surface area contributed by atoms with E-state index >= 15 is 0 Å². The first-order chi connectivity index (χ1) is 16.1. The van der Waals surface area contributed by atoms with Crippen LogP contribution >= 0.6 is 11.6 Å². The molecule has 4 unspecified atom stereocenters. The Morgan fingerprint density at radius 3 is 2.62 bits per heavy atom. The number of carbonyl (C=O) groups excluding carboxylic acids is 3. The fourth-order valence-electron chi connectivity index (χ4n) is 5.23. The molecular weight excluding hydrogens is 461 g/mol. The second-order valence-electron chi connectivity index (χ2n) is 10.2. The Morgan fingerprint density at radius 1 is 1.24 bits per heavy atom. The minimum Gasteiger partial charge on any atom is -0.356 e. The Morgan fingerprint density at radius 2 is 1.97 bits per heavy atom. The molecule has 4 rings (SSSR count). The van der Waals surface area contributed by atoms with E-state index < -0.39 is 12.1 Å². The minimum atomic E-state index is -0.641. The highest BCUT2D eigenvalue weighted by Gasteiger charge is 2.56. The highest BCUT2D eigenvalue weighted by Crippen LogP contribution is 2.41. The van der Waals surface area contributed by atoms with Gasteiger partial charge in [-0.1, -0.05) is 31.5 Å². The minimum absolute atomic E-state index is 0.00394. The van der Waals surface area contributed by atoms with Gasteiger partial charge in [0.25, 0.3) is 0 Å². The number of rotatable bonds is 6. The summed E-state index contributed by atoms with van der Waals surface area (Å²) in [5, 5.41) is 4.66. The van der Waals surface area contributed by atoms with Crippen molar-refractivity contribution < 1.29 is 18.8 Å². The van der Waals surface area contributed by atoms with Crippen molar-refractivity contribution in [2.45, 2.75) is 71.9 Å². The molecule has 4 atom stereocenters. The third kappa shape index (κ3) is 4.60. The summed E-state index contributed by atoms with van der Waals surface area (Å²) in [6, 6.07) is 3.30. The lowest BCUT2D eigenvalue weighted by atomic mass is 9.75. The van der Waals surface area contributed by atoms with Crippen LogP contribution in [0.25, 0.3) is 0 Å². The van der Waals surface area contributed by atoms with Crippen molar-refractivity contribution >= 4 is 29.4 Å². The molecule has 1 aromatic rings. The Bertz CT molecular complexity index is 974. The van der Waals surface area contributed by atoms with Gasteiger partial charge in [0.15, 0.2) is 6.29 Å². The lowest BCUT2D eigenvalue weighted by Gasteiger charge is -2.51. The van der Waals surface area contributed by atoms with E-state index in [4.69, 9.17) is 11.6 Å². The van der Waals surface area contributed by atoms with Gasteiger partial charge in [-0.15, -0.1) is 0 Å². The molecule has 8 nitrogen and oxygen atoms in total. The lowest BCUT2D eigenvalue weighted by molar-refractivity contribution is -0.162. The number of hydrazine groups is 1. The van der Waals surface area contributed by atoms with Crippen molar-refractivity contribution in [1.82, 2.24) is 25.6 Å². The summed E-state index contributed by atoms with van der Waals surface area (Å²) in [4.78, 5) is 43.3. The third-order valence-corrected chi connectivity index (χ3v) is 7.30. The molecule has 4 amide bonds. The van der Waals surface area contributed by atoms with Gasteiger partial charge in [-0.3, -0.25) is 19.5 Å². The number of urea groups is 1. The Kier molecular flexibility index (Phi) is 7.05. The number of nitrogens with one attached hydrogen (secondary N) is 2. The quantitative estimate of drug-likeness (QED) is 0.636. The number of hydrogen-bond acceptors (Lipinski definition) is 4. The molecular formula is C24H33ClFN5O3. The standard InChI is InChI=1S/C24H33ClFN5O3/c1-13(2)11-27-21(32)15-6-8-18-20(9-15)31-23(30(14(3)4)22(18)33)28-29(24(31)34)12-16-5-7-17(26)10-19(16)25/h5,7,10,13-15,18,20,23,28H,6,8-9,11-12H2,1-4H3,(H,27,32). The van der Waals surface area contributed by atoms with Crippen molar-refractivity contribution in [3.8, 4) is 0 Å². The summed E-state index contributed by atoms with van der Waals surface area (Å²) in [6.45, 7) is 8.65. The van der Waals surface area contributed by atoms with Gasteiger partial charge in [-0.2, -0.15) is 5.43 Å². The Hall–Kier alpha value is -2.39. The normalized spacial score (nSPS) is 26.9. The second-order valence-corrected chi connectivity index (χ2v) is 10.6. The maximum Gasteiger partial charge on any atom is 0.337 e. The van der Waals surface area contributed by atoms with Crippen LogP contribution in [0, 0.1) is 23.6 Å². The van der Waals surface area contributed by atoms with Gasteiger partial charge < -0.3 is 10.2 Å². The summed E-state index contributed by atoms with van der Waals surface area (Å²) in [6.07, 6.45) is 0.990. The van der Waals surface area contributed by atoms with Crippen LogP contribution in [0.2, 0.25) is 5.02 Å². The van der Waals surface area contributed by atoms with E-state index in [9.17, 15) is 18.8 Å². The van der Waals surface area contributed by atoms with E-state index in [1.165, 1.54) is 17.1 Å². The van der Waals surface area contributed by atoms with E-state index in [1.807, 2.05) is 27.7 Å². The van der Waals surface area contributed by atoms with Crippen LogP contribution in [0.15, 0.2) is 18.2 Å². The molecule has 10 heteroatoms. The molecule has 0 radical (unpaired) electrons. The molecule has 1 aliphatic carbocycles. The van der Waals surface area contributed by atoms with Crippen LogP contribution in [0.5, 0.6) is 0 Å². The van der Waals surface area contributed by atoms with Crippen LogP contribution in [-0.2, 0) is 16.1 Å². The topological polar surface area (TPSA) is 85.0 Å². The van der Waals surface area contributed by atoms with E-state index in [0.29, 0.717) is 37.3 Å². The SMILES string of the molecule is CC(C)CNC(=O)C1CCC2C(=O)N(C(C)C)C3NN(Cc4ccc(F)cc4Cl)C(=O)N3C2C1. The number of hydrogen-bond donors (Lipinski definition) is 2. The average molecular weight is 494 g/mol. The molecule has 186 valence electrons. The zero-order valence-electron chi connectivity index (χ0n) is 20.1. The molecule has 3 aliphatic rings. The third-order valence-electron chi connectivity index (χ3n) is 6.95. The summed E-state index contributed by atoms with van der Waals surface area (Å²) in [7, 11) is 0. The zero-order chi connectivity index (χ0) is 24.7. The van der Waals surface area contributed by atoms with Crippen molar-refractivity contribution in [2.24, 2.45) is 17.8 Å². The van der Waals surface area contributed by atoms with Gasteiger partial charge in [0.2, 0.25) is 11.8 Å². The van der Waals surface area contributed by atoms with Crippen LogP contribution in [-0.4, -0.2) is 57.6 Å². The van der Waals surface area contributed by atoms with Crippen molar-refractivity contribution in [2.75, 3.05) is 6.54 Å². The molecule has 3 fully saturated rings. The van der Waals surface area contributed by atoms with E-state index in [1.54, 1.807) is 15.9 Å². The molecule has 34 heavy (non-hydrogen) atoms. The highest BCUT2D eigenvalue weighted by atomic mass is 35.5. The van der Waals surface area contributed by atoms with Crippen molar-refractivity contribution in [1.29, 1.82) is 0 Å². The van der Waals surface area contributed by atoms with Gasteiger partial charge in [0.1, 0.15) is 5.82 Å². The highest BCUT2D eigenvalue weighted by molar-refractivity contribution is 6.31. The number of halogens is 2. The molecule has 1 aromatic carbocycles. The monoisotopic (exact) mass is 493 g/mol. The molecule has 2 N–H and O–H groups in total. The lowest BCUT2D eigenvalue weighted by Crippen LogP contribution is -2.68. The summed E-state index contributed by atoms with van der Waals surface area (Å²) < 4.78 is 13.5. The first-order valence-electron chi connectivity index (χ1n) is 12.0. The molecule has 2 aliphatic heterocycles. The average Bonchev–Trinajstić information content (AvgIpc) is 3.09. The second kappa shape index (κ2) is 9.70. The van der Waals surface area contributed by atoms with Gasteiger partial charge in [0, 0.05) is 29.6 Å². The largest absolute Gasteiger partial charge is 0.356 e. The predicted octanol–water partition coefficient (Wildman–Crippen LogP) is 3.31. The van der Waals surface area contributed by atoms with E-state index in [-0.39, 0.29) is 53.3 Å². The molecule has 2 saturated heterocycles. The number of carbonyl (C=O) groups is 3. The van der Waals surface area contributed by atoms with Gasteiger partial charge in [0.05, 0.1) is 12.5 Å². The first-order valence-corrected chi connectivity index (χ1v) is 12.4. The fraction of sp³-hybridized carbons (Fsp3) is 0.625. The predicted molar refractivity (Wildman–Crippen MR) is 126 cm³/mol. The number of nitrogens with zero attached hydrogens (tertiary/aromatic N) is 3. The summed E-state index contributed by atoms with van der Waals surface area (Å²) in [5.74, 6) is -0.700. The summed E-state index contributed by atoms with van der Waals surface area (Å²) in [5.41, 5.74) is 3.77. The van der Waals surface area contributed by atoms with Gasteiger partial charge in [-0.25, -0.2) is 9.18 Å². The Balaban J connectivity index is 1.58. The maximum absolute atomic E-state index is 13.6. The van der Waals surface area contributed by atoms with Crippen LogP contribution < -0.4 is 10.7 Å². The molecule has 0 bridgehead atoms. The van der Waals surface area contributed by atoms with Crippen molar-refractivity contribution in [3.63, 3.8) is 0 Å². The van der Waals surface area contributed by atoms with Gasteiger partial charge in [-0.05, 0) is 56.7 Å². The smallest absolute Gasteiger partial charge is 0.337 e. The van der Waals surface area contributed by atoms with Gasteiger partial charge >= 0.3 is 6.03 Å². The fourth-order valence-corrected chi connectivity index (χ4v) is 5.46. The Labute approximate surface area is 204 Å². The van der Waals surface area contributed by atoms with E-state index in [2.05, 4.69) is 10.7 Å². The number of benzene rings is 1. The number of fused-ring (bicyclic) bond motifs is 3. The molecule has 1 saturated carbocycles. The number of amides is 4. The first kappa shape index (κ1) is 24.7. The maximum atomic E-state index is 13.6. The zero-order valence-corrected chi connectivity index (χ0v) is 20.8. The van der Waals surface area contributed by atoms with Crippen LogP contribution in [0.4, 0.5) is 9.18 Å². The molecule has 0 aromatic heterocycles. The van der Waals surface area contributed by atoms with E-state index in [0.717, 1.165) is 0 Å².